The lowest BCUT2D eigenvalue weighted by atomic mass is 10.0. The third kappa shape index (κ3) is 6.30. The van der Waals surface area contributed by atoms with Crippen molar-refractivity contribution in [3.63, 3.8) is 0 Å². The fourth-order valence-electron chi connectivity index (χ4n) is 7.15. The summed E-state index contributed by atoms with van der Waals surface area (Å²) in [5.41, 5.74) is 12.8. The molecule has 3 aromatic carbocycles. The number of aromatic hydroxyl groups is 3. The molecular formula is C44H38N4O3. The lowest BCUT2D eigenvalue weighted by Gasteiger charge is -2.07. The van der Waals surface area contributed by atoms with Crippen molar-refractivity contribution in [1.29, 1.82) is 0 Å². The molecule has 0 saturated carbocycles. The van der Waals surface area contributed by atoms with Crippen molar-refractivity contribution < 1.29 is 15.3 Å². The molecule has 2 aliphatic rings. The fraction of sp³-hybridized carbons (Fsp3) is 0.136. The smallest absolute Gasteiger partial charge is 0.116 e. The maximum atomic E-state index is 10.6. The van der Waals surface area contributed by atoms with E-state index in [0.29, 0.717) is 0 Å². The van der Waals surface area contributed by atoms with E-state index in [1.54, 1.807) is 36.4 Å². The quantitative estimate of drug-likeness (QED) is 0.103. The van der Waals surface area contributed by atoms with E-state index >= 15 is 0 Å². The van der Waals surface area contributed by atoms with Gasteiger partial charge in [-0.25, -0.2) is 9.97 Å². The number of benzene rings is 3. The second-order valence-electron chi connectivity index (χ2n) is 13.1. The first-order chi connectivity index (χ1) is 24.9. The van der Waals surface area contributed by atoms with Gasteiger partial charge in [0, 0.05) is 44.3 Å². The predicted octanol–water partition coefficient (Wildman–Crippen LogP) is 10.9. The summed E-state index contributed by atoms with van der Waals surface area (Å²) in [5.74, 6) is 0.498. The number of nitrogens with zero attached hydrogens (tertiary/aromatic N) is 2. The Bertz CT molecular complexity index is 2480. The molecule has 7 heteroatoms. The Morgan fingerprint density at radius 3 is 1.33 bits per heavy atom. The van der Waals surface area contributed by atoms with Crippen LogP contribution < -0.4 is 0 Å². The highest BCUT2D eigenvalue weighted by Crippen LogP contribution is 2.38. The first-order valence-electron chi connectivity index (χ1n) is 17.5. The average Bonchev–Trinajstić information content (AvgIpc) is 3.95. The minimum Gasteiger partial charge on any atom is -0.508 e. The Morgan fingerprint density at radius 2 is 0.882 bits per heavy atom. The SMILES string of the molecule is CCCCCCc1c2nc(c(-c3cccc(O)c3)c3ccc([nH]3)c(-c3cccc(O)c3)c3nc(c(-c4cccc(O)c4)c4ccc1[nH]4)C=C3)C=C2. The molecule has 6 aromatic rings. The second kappa shape index (κ2) is 13.5. The topological polar surface area (TPSA) is 118 Å². The van der Waals surface area contributed by atoms with Gasteiger partial charge in [0.25, 0.3) is 0 Å². The van der Waals surface area contributed by atoms with E-state index in [-0.39, 0.29) is 17.2 Å². The van der Waals surface area contributed by atoms with Gasteiger partial charge in [0.2, 0.25) is 0 Å². The molecule has 51 heavy (non-hydrogen) atoms. The summed E-state index contributed by atoms with van der Waals surface area (Å²) in [6.07, 6.45) is 13.5. The Hall–Kier alpha value is -6.34. The number of hydrogen-bond donors (Lipinski definition) is 5. The summed E-state index contributed by atoms with van der Waals surface area (Å²) >= 11 is 0. The zero-order valence-electron chi connectivity index (χ0n) is 28.3. The summed E-state index contributed by atoms with van der Waals surface area (Å²) in [4.78, 5) is 17.9. The van der Waals surface area contributed by atoms with Gasteiger partial charge < -0.3 is 25.3 Å². The van der Waals surface area contributed by atoms with Crippen LogP contribution in [0.3, 0.4) is 0 Å². The minimum absolute atomic E-state index is 0.152. The van der Waals surface area contributed by atoms with Crippen LogP contribution in [-0.2, 0) is 6.42 Å². The van der Waals surface area contributed by atoms with Gasteiger partial charge in [-0.15, -0.1) is 0 Å². The number of aryl methyl sites for hydroxylation is 1. The van der Waals surface area contributed by atoms with E-state index in [4.69, 9.17) is 9.97 Å². The molecule has 0 fully saturated rings. The van der Waals surface area contributed by atoms with Gasteiger partial charge in [0.05, 0.1) is 22.8 Å². The molecule has 0 radical (unpaired) electrons. The van der Waals surface area contributed by atoms with Crippen molar-refractivity contribution in [2.45, 2.75) is 39.0 Å². The minimum atomic E-state index is 0.152. The van der Waals surface area contributed by atoms with Crippen molar-refractivity contribution in [2.75, 3.05) is 0 Å². The van der Waals surface area contributed by atoms with Crippen molar-refractivity contribution in [1.82, 2.24) is 19.9 Å². The second-order valence-corrected chi connectivity index (χ2v) is 13.1. The van der Waals surface area contributed by atoms with Crippen LogP contribution in [-0.4, -0.2) is 35.3 Å². The van der Waals surface area contributed by atoms with Crippen molar-refractivity contribution in [3.05, 3.63) is 125 Å². The molecular weight excluding hydrogens is 633 g/mol. The van der Waals surface area contributed by atoms with Crippen molar-refractivity contribution in [2.24, 2.45) is 0 Å². The van der Waals surface area contributed by atoms with E-state index in [1.165, 1.54) is 6.42 Å². The molecule has 0 unspecified atom stereocenters. The van der Waals surface area contributed by atoms with E-state index in [1.807, 2.05) is 60.7 Å². The maximum Gasteiger partial charge on any atom is 0.116 e. The number of aromatic nitrogens is 4. The number of aromatic amines is 2. The third-order valence-electron chi connectivity index (χ3n) is 9.55. The number of nitrogens with one attached hydrogen (secondary N) is 2. The molecule has 8 bridgehead atoms. The molecule has 252 valence electrons. The number of phenols is 3. The highest BCUT2D eigenvalue weighted by molar-refractivity contribution is 5.98. The molecule has 5 N–H and O–H groups in total. The van der Waals surface area contributed by atoms with Gasteiger partial charge in [-0.1, -0.05) is 62.6 Å². The van der Waals surface area contributed by atoms with Crippen LogP contribution in [0.5, 0.6) is 17.2 Å². The lowest BCUT2D eigenvalue weighted by Crippen LogP contribution is -1.93. The number of unbranched alkanes of at least 4 members (excludes halogenated alkanes) is 3. The summed E-state index contributed by atoms with van der Waals surface area (Å²) in [6, 6.07) is 30.0. The van der Waals surface area contributed by atoms with E-state index < -0.39 is 0 Å². The Labute approximate surface area is 296 Å². The zero-order valence-corrected chi connectivity index (χ0v) is 28.3. The van der Waals surface area contributed by atoms with Crippen molar-refractivity contribution in [3.8, 4) is 50.6 Å². The van der Waals surface area contributed by atoms with Crippen LogP contribution in [0.25, 0.3) is 79.8 Å². The molecule has 7 nitrogen and oxygen atoms in total. The van der Waals surface area contributed by atoms with Crippen LogP contribution >= 0.6 is 0 Å². The number of phenolic OH excluding ortho intramolecular Hbond substituents is 3. The van der Waals surface area contributed by atoms with Crippen LogP contribution in [0.1, 0.15) is 60.9 Å². The van der Waals surface area contributed by atoms with Gasteiger partial charge in [-0.2, -0.15) is 0 Å². The summed E-state index contributed by atoms with van der Waals surface area (Å²) in [5, 5.41) is 31.7. The highest BCUT2D eigenvalue weighted by atomic mass is 16.3. The van der Waals surface area contributed by atoms with E-state index in [9.17, 15) is 15.3 Å². The number of fused-ring (bicyclic) bond motifs is 8. The summed E-state index contributed by atoms with van der Waals surface area (Å²) in [7, 11) is 0. The van der Waals surface area contributed by atoms with Crippen LogP contribution in [0.15, 0.2) is 97.1 Å². The first kappa shape index (κ1) is 31.9. The molecule has 8 rings (SSSR count). The monoisotopic (exact) mass is 670 g/mol. The predicted molar refractivity (Wildman–Crippen MR) is 208 cm³/mol. The normalized spacial score (nSPS) is 12.1. The first-order valence-corrected chi connectivity index (χ1v) is 17.5. The molecule has 0 atom stereocenters. The average molecular weight is 671 g/mol. The number of rotatable bonds is 8. The number of hydrogen-bond acceptors (Lipinski definition) is 5. The highest BCUT2D eigenvalue weighted by Gasteiger charge is 2.19. The van der Waals surface area contributed by atoms with Gasteiger partial charge in [0.1, 0.15) is 17.2 Å². The number of H-pyrrole nitrogens is 2. The van der Waals surface area contributed by atoms with Crippen molar-refractivity contribution >= 4 is 46.4 Å². The van der Waals surface area contributed by atoms with Crippen LogP contribution in [0.4, 0.5) is 0 Å². The van der Waals surface area contributed by atoms with E-state index in [2.05, 4.69) is 41.2 Å². The zero-order chi connectivity index (χ0) is 34.9. The molecule has 0 amide bonds. The Kier molecular flexibility index (Phi) is 8.46. The largest absolute Gasteiger partial charge is 0.508 e. The molecule has 2 aliphatic heterocycles. The van der Waals surface area contributed by atoms with E-state index in [0.717, 1.165) is 109 Å². The molecule has 5 heterocycles. The Balaban J connectivity index is 1.52. The molecule has 0 aliphatic carbocycles. The van der Waals surface area contributed by atoms with Gasteiger partial charge in [0.15, 0.2) is 0 Å². The summed E-state index contributed by atoms with van der Waals surface area (Å²) < 4.78 is 0. The molecule has 0 saturated heterocycles. The van der Waals surface area contributed by atoms with Crippen LogP contribution in [0, 0.1) is 0 Å². The Morgan fingerprint density at radius 1 is 0.471 bits per heavy atom. The third-order valence-corrected chi connectivity index (χ3v) is 9.55. The lowest BCUT2D eigenvalue weighted by molar-refractivity contribution is 0.475. The van der Waals surface area contributed by atoms with Gasteiger partial charge in [-0.05, 0) is 114 Å². The summed E-state index contributed by atoms with van der Waals surface area (Å²) in [6.45, 7) is 2.22. The maximum absolute atomic E-state index is 10.6. The van der Waals surface area contributed by atoms with Gasteiger partial charge in [-0.3, -0.25) is 0 Å². The van der Waals surface area contributed by atoms with Crippen LogP contribution in [0.2, 0.25) is 0 Å². The molecule has 0 spiro atoms. The fourth-order valence-corrected chi connectivity index (χ4v) is 7.15. The standard InChI is InChI=1S/C44H38N4O3/c1-2-3-4-5-15-33-34-16-18-36(45-34)42(27-9-6-12-30(49)24-27)38-20-22-40(47-38)44(29-11-8-14-32(51)26-29)41-23-21-39(48-41)43(37-19-17-35(33)46-37)28-10-7-13-31(50)25-28/h6-14,16-26,45,48-51H,2-5,15H2,1H3. The van der Waals surface area contributed by atoms with Gasteiger partial charge >= 0.3 is 0 Å². The molecule has 3 aromatic heterocycles.